The van der Waals surface area contributed by atoms with Crippen LogP contribution < -0.4 is 4.90 Å². The van der Waals surface area contributed by atoms with Crippen molar-refractivity contribution in [1.82, 2.24) is 4.98 Å². The third-order valence-corrected chi connectivity index (χ3v) is 3.50. The smallest absolute Gasteiger partial charge is 0.329 e. The molecule has 1 aromatic rings. The highest BCUT2D eigenvalue weighted by Gasteiger charge is 2.30. The van der Waals surface area contributed by atoms with Gasteiger partial charge in [0.25, 0.3) is 0 Å². The zero-order valence-electron chi connectivity index (χ0n) is 11.1. The number of carbonyl (C=O) groups excluding carboxylic acids is 1. The van der Waals surface area contributed by atoms with Gasteiger partial charge in [-0.05, 0) is 25.8 Å². The fourth-order valence-corrected chi connectivity index (χ4v) is 2.45. The molecule has 1 fully saturated rings. The zero-order valence-corrected chi connectivity index (χ0v) is 11.1. The van der Waals surface area contributed by atoms with Gasteiger partial charge in [-0.1, -0.05) is 0 Å². The first-order valence-electron chi connectivity index (χ1n) is 6.33. The van der Waals surface area contributed by atoms with E-state index in [1.807, 2.05) is 6.07 Å². The molecule has 2 heterocycles. The van der Waals surface area contributed by atoms with E-state index in [1.165, 1.54) is 19.2 Å². The molecule has 1 atom stereocenters. The third kappa shape index (κ3) is 2.59. The predicted octanol–water partition coefficient (Wildman–Crippen LogP) is 1.67. The maximum atomic E-state index is 11.5. The largest absolute Gasteiger partial charge is 0.350 e. The minimum atomic E-state index is -0.585. The Balaban J connectivity index is 2.40. The number of ketones is 1. The molecule has 2 rings (SSSR count). The number of nitro groups is 1. The second kappa shape index (κ2) is 5.65. The number of hydrogen-bond acceptors (Lipinski definition) is 6. The molecule has 0 amide bonds. The number of nitriles is 1. The molecular formula is C13H14N4O3. The van der Waals surface area contributed by atoms with Crippen molar-refractivity contribution < 1.29 is 9.72 Å². The molecule has 1 aliphatic rings. The van der Waals surface area contributed by atoms with Gasteiger partial charge in [0.15, 0.2) is 0 Å². The van der Waals surface area contributed by atoms with Crippen LogP contribution in [0.1, 0.15) is 25.3 Å². The van der Waals surface area contributed by atoms with E-state index in [0.29, 0.717) is 13.1 Å². The lowest BCUT2D eigenvalue weighted by Gasteiger charge is -2.32. The second-order valence-corrected chi connectivity index (χ2v) is 4.80. The van der Waals surface area contributed by atoms with E-state index in [0.717, 1.165) is 12.8 Å². The molecule has 104 valence electrons. The number of anilines is 1. The number of pyridine rings is 1. The van der Waals surface area contributed by atoms with E-state index in [2.05, 4.69) is 4.98 Å². The molecule has 7 nitrogen and oxygen atoms in total. The van der Waals surface area contributed by atoms with E-state index in [1.54, 1.807) is 4.90 Å². The SMILES string of the molecule is CC(=O)C1CCCN(c2nccc(C#N)c2[N+](=O)[O-])C1. The lowest BCUT2D eigenvalue weighted by molar-refractivity contribution is -0.384. The van der Waals surface area contributed by atoms with Crippen molar-refractivity contribution in [2.75, 3.05) is 18.0 Å². The number of aromatic nitrogens is 1. The number of Topliss-reactive ketones (excluding diaryl/α,β-unsaturated/α-hetero) is 1. The average molecular weight is 274 g/mol. The van der Waals surface area contributed by atoms with Gasteiger partial charge in [0, 0.05) is 25.2 Å². The number of piperidine rings is 1. The molecule has 1 unspecified atom stereocenters. The minimum absolute atomic E-state index is 0.00931. The van der Waals surface area contributed by atoms with Gasteiger partial charge in [0.05, 0.1) is 4.92 Å². The van der Waals surface area contributed by atoms with E-state index in [-0.39, 0.29) is 28.8 Å². The van der Waals surface area contributed by atoms with Gasteiger partial charge in [-0.2, -0.15) is 5.26 Å². The summed E-state index contributed by atoms with van der Waals surface area (Å²) in [6, 6.07) is 3.14. The maximum absolute atomic E-state index is 11.5. The molecule has 0 spiro atoms. The Kier molecular flexibility index (Phi) is 3.94. The van der Waals surface area contributed by atoms with E-state index in [9.17, 15) is 14.9 Å². The first-order valence-corrected chi connectivity index (χ1v) is 6.33. The van der Waals surface area contributed by atoms with Crippen LogP contribution in [0.3, 0.4) is 0 Å². The molecule has 0 radical (unpaired) electrons. The standard InChI is InChI=1S/C13H14N4O3/c1-9(18)11-3-2-6-16(8-11)13-12(17(19)20)10(7-14)4-5-15-13/h4-5,11H,2-3,6,8H2,1H3. The highest BCUT2D eigenvalue weighted by atomic mass is 16.6. The molecule has 0 aliphatic carbocycles. The Hall–Kier alpha value is -2.49. The summed E-state index contributed by atoms with van der Waals surface area (Å²) in [6.45, 7) is 2.55. The van der Waals surface area contributed by atoms with Gasteiger partial charge in [0.1, 0.15) is 17.4 Å². The molecule has 1 saturated heterocycles. The summed E-state index contributed by atoms with van der Waals surface area (Å²) in [7, 11) is 0. The number of nitrogens with zero attached hydrogens (tertiary/aromatic N) is 4. The van der Waals surface area contributed by atoms with Crippen LogP contribution in [0.4, 0.5) is 11.5 Å². The van der Waals surface area contributed by atoms with Crippen LogP contribution in [0.2, 0.25) is 0 Å². The molecule has 0 saturated carbocycles. The molecular weight excluding hydrogens is 260 g/mol. The fraction of sp³-hybridized carbons (Fsp3) is 0.462. The molecule has 20 heavy (non-hydrogen) atoms. The zero-order chi connectivity index (χ0) is 14.7. The van der Waals surface area contributed by atoms with E-state index < -0.39 is 4.92 Å². The Morgan fingerprint density at radius 3 is 3.00 bits per heavy atom. The van der Waals surface area contributed by atoms with Crippen LogP contribution in [0.25, 0.3) is 0 Å². The van der Waals surface area contributed by atoms with Crippen LogP contribution in [-0.4, -0.2) is 28.8 Å². The summed E-state index contributed by atoms with van der Waals surface area (Å²) in [5, 5.41) is 20.2. The van der Waals surface area contributed by atoms with Gasteiger partial charge in [0.2, 0.25) is 5.82 Å². The molecule has 1 aliphatic heterocycles. The highest BCUT2D eigenvalue weighted by molar-refractivity contribution is 5.79. The van der Waals surface area contributed by atoms with Gasteiger partial charge >= 0.3 is 5.69 Å². The molecule has 0 aromatic carbocycles. The van der Waals surface area contributed by atoms with E-state index >= 15 is 0 Å². The van der Waals surface area contributed by atoms with Crippen molar-refractivity contribution in [3.63, 3.8) is 0 Å². The second-order valence-electron chi connectivity index (χ2n) is 4.80. The third-order valence-electron chi connectivity index (χ3n) is 3.50. The maximum Gasteiger partial charge on any atom is 0.329 e. The Morgan fingerprint density at radius 2 is 2.40 bits per heavy atom. The molecule has 7 heteroatoms. The Morgan fingerprint density at radius 1 is 1.65 bits per heavy atom. The van der Waals surface area contributed by atoms with Crippen LogP contribution in [0.15, 0.2) is 12.3 Å². The van der Waals surface area contributed by atoms with Crippen molar-refractivity contribution in [2.24, 2.45) is 5.92 Å². The van der Waals surface area contributed by atoms with Crippen molar-refractivity contribution in [2.45, 2.75) is 19.8 Å². The lowest BCUT2D eigenvalue weighted by atomic mass is 9.94. The highest BCUT2D eigenvalue weighted by Crippen LogP contribution is 2.32. The lowest BCUT2D eigenvalue weighted by Crippen LogP contribution is -2.38. The van der Waals surface area contributed by atoms with Gasteiger partial charge in [-0.15, -0.1) is 0 Å². The predicted molar refractivity (Wildman–Crippen MR) is 71.2 cm³/mol. The summed E-state index contributed by atoms with van der Waals surface area (Å²) < 4.78 is 0. The first kappa shape index (κ1) is 13.9. The average Bonchev–Trinajstić information content (AvgIpc) is 2.46. The van der Waals surface area contributed by atoms with Gasteiger partial charge in [-0.3, -0.25) is 14.9 Å². The molecule has 1 aromatic heterocycles. The minimum Gasteiger partial charge on any atom is -0.350 e. The number of carbonyl (C=O) groups is 1. The fourth-order valence-electron chi connectivity index (χ4n) is 2.45. The normalized spacial score (nSPS) is 18.4. The topological polar surface area (TPSA) is 100 Å². The van der Waals surface area contributed by atoms with Gasteiger partial charge in [-0.25, -0.2) is 4.98 Å². The van der Waals surface area contributed by atoms with Crippen LogP contribution in [-0.2, 0) is 4.79 Å². The first-order chi connectivity index (χ1) is 9.54. The summed E-state index contributed by atoms with van der Waals surface area (Å²) in [5.74, 6) is 0.129. The van der Waals surface area contributed by atoms with Crippen LogP contribution in [0, 0.1) is 27.4 Å². The molecule has 0 N–H and O–H groups in total. The summed E-state index contributed by atoms with van der Waals surface area (Å²) in [4.78, 5) is 27.9. The van der Waals surface area contributed by atoms with Crippen LogP contribution in [0.5, 0.6) is 0 Å². The quantitative estimate of drug-likeness (QED) is 0.614. The van der Waals surface area contributed by atoms with Crippen molar-refractivity contribution in [1.29, 1.82) is 5.26 Å². The summed E-state index contributed by atoms with van der Waals surface area (Å²) in [5.41, 5.74) is -0.288. The van der Waals surface area contributed by atoms with E-state index in [4.69, 9.17) is 5.26 Å². The van der Waals surface area contributed by atoms with Gasteiger partial charge < -0.3 is 4.90 Å². The number of rotatable bonds is 3. The van der Waals surface area contributed by atoms with Crippen molar-refractivity contribution in [3.05, 3.63) is 27.9 Å². The van der Waals surface area contributed by atoms with Crippen LogP contribution >= 0.6 is 0 Å². The van der Waals surface area contributed by atoms with Crippen molar-refractivity contribution in [3.8, 4) is 6.07 Å². The monoisotopic (exact) mass is 274 g/mol. The summed E-state index contributed by atoms with van der Waals surface area (Å²) >= 11 is 0. The Labute approximate surface area is 116 Å². The van der Waals surface area contributed by atoms with Crippen molar-refractivity contribution >= 4 is 17.3 Å². The Bertz CT molecular complexity index is 594. The summed E-state index contributed by atoms with van der Waals surface area (Å²) in [6.07, 6.45) is 2.95. The molecule has 0 bridgehead atoms. The number of hydrogen-bond donors (Lipinski definition) is 0.